The third-order valence-electron chi connectivity index (χ3n) is 5.05. The number of ether oxygens (including phenoxy) is 1. The summed E-state index contributed by atoms with van der Waals surface area (Å²) in [7, 11) is 0. The van der Waals surface area contributed by atoms with Gasteiger partial charge in [-0.3, -0.25) is 9.59 Å². The Morgan fingerprint density at radius 2 is 1.74 bits per heavy atom. The van der Waals surface area contributed by atoms with Crippen molar-refractivity contribution in [1.29, 1.82) is 0 Å². The second-order valence-corrected chi connectivity index (χ2v) is 8.90. The molecular weight excluding hydrogens is 480 g/mol. The lowest BCUT2D eigenvalue weighted by Gasteiger charge is -2.29. The SMILES string of the molecule is CC[C@H](C)NC(=O)[C@H](C)N(Cc1ccc(Br)cc1)C(=O)CCCOc1ccc(Cl)cc1. The first-order valence-electron chi connectivity index (χ1n) is 10.5. The molecule has 0 saturated carbocycles. The van der Waals surface area contributed by atoms with E-state index in [2.05, 4.69) is 21.2 Å². The smallest absolute Gasteiger partial charge is 0.242 e. The number of nitrogens with one attached hydrogen (secondary N) is 1. The van der Waals surface area contributed by atoms with E-state index >= 15 is 0 Å². The molecule has 0 aliphatic carbocycles. The van der Waals surface area contributed by atoms with E-state index in [1.165, 1.54) is 0 Å². The highest BCUT2D eigenvalue weighted by atomic mass is 79.9. The molecule has 2 atom stereocenters. The van der Waals surface area contributed by atoms with Crippen LogP contribution in [-0.4, -0.2) is 35.4 Å². The molecular formula is C24H30BrClN2O3. The molecule has 0 saturated heterocycles. The lowest BCUT2D eigenvalue weighted by atomic mass is 10.1. The summed E-state index contributed by atoms with van der Waals surface area (Å²) in [6.45, 7) is 6.53. The summed E-state index contributed by atoms with van der Waals surface area (Å²) in [5.41, 5.74) is 0.970. The standard InChI is InChI=1S/C24H30BrClN2O3/c1-4-17(2)27-24(30)18(3)28(16-19-7-9-20(25)10-8-19)23(29)6-5-15-31-22-13-11-21(26)12-14-22/h7-14,17-18H,4-6,15-16H2,1-3H3,(H,27,30)/t17-,18-/m0/s1. The van der Waals surface area contributed by atoms with Crippen LogP contribution in [0.15, 0.2) is 53.0 Å². The number of rotatable bonds is 11. The van der Waals surface area contributed by atoms with Gasteiger partial charge in [0.15, 0.2) is 0 Å². The molecule has 0 heterocycles. The van der Waals surface area contributed by atoms with Gasteiger partial charge in [-0.15, -0.1) is 0 Å². The fourth-order valence-electron chi connectivity index (χ4n) is 2.92. The van der Waals surface area contributed by atoms with Crippen molar-refractivity contribution in [3.05, 3.63) is 63.6 Å². The van der Waals surface area contributed by atoms with E-state index in [1.54, 1.807) is 36.1 Å². The van der Waals surface area contributed by atoms with Crippen molar-refractivity contribution in [3.63, 3.8) is 0 Å². The van der Waals surface area contributed by atoms with E-state index < -0.39 is 6.04 Å². The summed E-state index contributed by atoms with van der Waals surface area (Å²) in [6, 6.07) is 14.4. The zero-order chi connectivity index (χ0) is 22.8. The van der Waals surface area contributed by atoms with Gasteiger partial charge in [0.1, 0.15) is 11.8 Å². The molecule has 7 heteroatoms. The molecule has 2 aromatic rings. The van der Waals surface area contributed by atoms with Crippen molar-refractivity contribution in [1.82, 2.24) is 10.2 Å². The van der Waals surface area contributed by atoms with Gasteiger partial charge in [0.05, 0.1) is 6.61 Å². The van der Waals surface area contributed by atoms with Crippen molar-refractivity contribution in [3.8, 4) is 5.75 Å². The van der Waals surface area contributed by atoms with Crippen molar-refractivity contribution < 1.29 is 14.3 Å². The average Bonchev–Trinajstić information content (AvgIpc) is 2.76. The number of hydrogen-bond acceptors (Lipinski definition) is 3. The van der Waals surface area contributed by atoms with Crippen molar-refractivity contribution in [2.24, 2.45) is 0 Å². The van der Waals surface area contributed by atoms with Gasteiger partial charge in [-0.25, -0.2) is 0 Å². The first-order valence-corrected chi connectivity index (χ1v) is 11.7. The molecule has 0 aliphatic heterocycles. The Bertz CT molecular complexity index is 843. The van der Waals surface area contributed by atoms with Crippen LogP contribution in [0, 0.1) is 0 Å². The summed E-state index contributed by atoms with van der Waals surface area (Å²) in [6.07, 6.45) is 1.68. The molecule has 2 rings (SSSR count). The molecule has 1 N–H and O–H groups in total. The van der Waals surface area contributed by atoms with Crippen LogP contribution >= 0.6 is 27.5 Å². The predicted molar refractivity (Wildman–Crippen MR) is 128 cm³/mol. The van der Waals surface area contributed by atoms with Gasteiger partial charge >= 0.3 is 0 Å². The summed E-state index contributed by atoms with van der Waals surface area (Å²) < 4.78 is 6.65. The van der Waals surface area contributed by atoms with Gasteiger partial charge < -0.3 is 15.0 Å². The van der Waals surface area contributed by atoms with E-state index in [9.17, 15) is 9.59 Å². The van der Waals surface area contributed by atoms with E-state index in [0.717, 1.165) is 16.5 Å². The van der Waals surface area contributed by atoms with Crippen LogP contribution < -0.4 is 10.1 Å². The molecule has 168 valence electrons. The molecule has 0 spiro atoms. The first-order chi connectivity index (χ1) is 14.8. The van der Waals surface area contributed by atoms with Crippen LogP contribution in [0.2, 0.25) is 5.02 Å². The molecule has 0 aliphatic rings. The highest BCUT2D eigenvalue weighted by molar-refractivity contribution is 9.10. The van der Waals surface area contributed by atoms with Crippen molar-refractivity contribution >= 4 is 39.3 Å². The van der Waals surface area contributed by atoms with E-state index in [-0.39, 0.29) is 17.9 Å². The average molecular weight is 510 g/mol. The second-order valence-electron chi connectivity index (χ2n) is 7.55. The van der Waals surface area contributed by atoms with Crippen LogP contribution in [0.5, 0.6) is 5.75 Å². The zero-order valence-electron chi connectivity index (χ0n) is 18.2. The number of carbonyl (C=O) groups is 2. The molecule has 2 aromatic carbocycles. The fourth-order valence-corrected chi connectivity index (χ4v) is 3.31. The fraction of sp³-hybridized carbons (Fsp3) is 0.417. The van der Waals surface area contributed by atoms with Crippen LogP contribution in [0.25, 0.3) is 0 Å². The maximum absolute atomic E-state index is 13.0. The summed E-state index contributed by atoms with van der Waals surface area (Å²) in [5.74, 6) is 0.497. The molecule has 0 aromatic heterocycles. The van der Waals surface area contributed by atoms with Crippen molar-refractivity contribution in [2.45, 2.75) is 58.7 Å². The number of nitrogens with zero attached hydrogens (tertiary/aromatic N) is 1. The van der Waals surface area contributed by atoms with E-state index in [0.29, 0.717) is 36.8 Å². The van der Waals surface area contributed by atoms with E-state index in [1.807, 2.05) is 38.1 Å². The lowest BCUT2D eigenvalue weighted by molar-refractivity contribution is -0.141. The minimum absolute atomic E-state index is 0.0624. The molecule has 2 amide bonds. The van der Waals surface area contributed by atoms with Gasteiger partial charge in [0.25, 0.3) is 0 Å². The normalized spacial score (nSPS) is 12.7. The van der Waals surface area contributed by atoms with Crippen LogP contribution in [0.4, 0.5) is 0 Å². The monoisotopic (exact) mass is 508 g/mol. The largest absolute Gasteiger partial charge is 0.494 e. The second kappa shape index (κ2) is 12.7. The Morgan fingerprint density at radius 1 is 1.10 bits per heavy atom. The molecule has 0 fully saturated rings. The van der Waals surface area contributed by atoms with E-state index in [4.69, 9.17) is 16.3 Å². The molecule has 0 bridgehead atoms. The maximum Gasteiger partial charge on any atom is 0.242 e. The number of hydrogen-bond donors (Lipinski definition) is 1. The van der Waals surface area contributed by atoms with Gasteiger partial charge in [-0.2, -0.15) is 0 Å². The Morgan fingerprint density at radius 3 is 2.35 bits per heavy atom. The van der Waals surface area contributed by atoms with Crippen LogP contribution in [-0.2, 0) is 16.1 Å². The number of halogens is 2. The summed E-state index contributed by atoms with van der Waals surface area (Å²) in [4.78, 5) is 27.4. The van der Waals surface area contributed by atoms with Crippen LogP contribution in [0.1, 0.15) is 45.6 Å². The predicted octanol–water partition coefficient (Wildman–Crippen LogP) is 5.59. The van der Waals surface area contributed by atoms with Crippen LogP contribution in [0.3, 0.4) is 0 Å². The number of carbonyl (C=O) groups excluding carboxylic acids is 2. The molecule has 0 unspecified atom stereocenters. The number of benzene rings is 2. The minimum atomic E-state index is -0.567. The Labute approximate surface area is 198 Å². The van der Waals surface area contributed by atoms with Crippen molar-refractivity contribution in [2.75, 3.05) is 6.61 Å². The Kier molecular flexibility index (Phi) is 10.3. The summed E-state index contributed by atoms with van der Waals surface area (Å²) >= 11 is 9.31. The third-order valence-corrected chi connectivity index (χ3v) is 5.83. The van der Waals surface area contributed by atoms with Gasteiger partial charge in [-0.05, 0) is 68.7 Å². The summed E-state index contributed by atoms with van der Waals surface area (Å²) in [5, 5.41) is 3.63. The highest BCUT2D eigenvalue weighted by Crippen LogP contribution is 2.17. The third kappa shape index (κ3) is 8.54. The topological polar surface area (TPSA) is 58.6 Å². The Balaban J connectivity index is 1.99. The lowest BCUT2D eigenvalue weighted by Crippen LogP contribution is -2.49. The first kappa shape index (κ1) is 25.2. The van der Waals surface area contributed by atoms with Gasteiger partial charge in [0.2, 0.25) is 11.8 Å². The maximum atomic E-state index is 13.0. The molecule has 31 heavy (non-hydrogen) atoms. The number of amides is 2. The molecule has 0 radical (unpaired) electrons. The van der Waals surface area contributed by atoms with Gasteiger partial charge in [0, 0.05) is 28.5 Å². The quantitative estimate of drug-likeness (QED) is 0.402. The highest BCUT2D eigenvalue weighted by Gasteiger charge is 2.26. The minimum Gasteiger partial charge on any atom is -0.494 e. The molecule has 5 nitrogen and oxygen atoms in total. The zero-order valence-corrected chi connectivity index (χ0v) is 20.6. The van der Waals surface area contributed by atoms with Gasteiger partial charge in [-0.1, -0.05) is 46.6 Å². The Hall–Kier alpha value is -2.05.